The Kier molecular flexibility index (Phi) is 4.30. The maximum absolute atomic E-state index is 10.9. The molecule has 0 aliphatic heterocycles. The van der Waals surface area contributed by atoms with Crippen LogP contribution in [0, 0.1) is 0 Å². The number of benzene rings is 1. The Labute approximate surface area is 105 Å². The maximum Gasteiger partial charge on any atom is 0.438 e. The second-order valence-electron chi connectivity index (χ2n) is 4.29. The molecular weight excluding hydrogens is 230 g/mol. The summed E-state index contributed by atoms with van der Waals surface area (Å²) in [6.45, 7) is 0.456. The van der Waals surface area contributed by atoms with Crippen LogP contribution in [0.15, 0.2) is 39.6 Å². The molecule has 1 unspecified atom stereocenters. The lowest BCUT2D eigenvalue weighted by molar-refractivity contribution is 0.375. The minimum atomic E-state index is -0.522. The van der Waals surface area contributed by atoms with Crippen molar-refractivity contribution in [2.24, 2.45) is 5.73 Å². The Morgan fingerprint density at radius 1 is 1.33 bits per heavy atom. The van der Waals surface area contributed by atoms with Crippen molar-refractivity contribution < 1.29 is 4.52 Å². The summed E-state index contributed by atoms with van der Waals surface area (Å²) in [5.74, 6) is 0.0854. The number of hydrogen-bond acceptors (Lipinski definition) is 4. The van der Waals surface area contributed by atoms with Crippen molar-refractivity contribution in [2.45, 2.75) is 25.2 Å². The zero-order chi connectivity index (χ0) is 12.8. The molecular formula is C13H17N3O2. The first-order valence-corrected chi connectivity index (χ1v) is 6.09. The van der Waals surface area contributed by atoms with Gasteiger partial charge in [-0.05, 0) is 24.8 Å². The number of nitrogens with one attached hydrogen (secondary N) is 1. The highest BCUT2D eigenvalue weighted by molar-refractivity contribution is 5.14. The predicted octanol–water partition coefficient (Wildman–Crippen LogP) is 1.43. The van der Waals surface area contributed by atoms with Crippen LogP contribution in [0.2, 0.25) is 0 Å². The third-order valence-corrected chi connectivity index (χ3v) is 2.99. The summed E-state index contributed by atoms with van der Waals surface area (Å²) in [4.78, 5) is 13.4. The molecule has 3 N–H and O–H groups in total. The third kappa shape index (κ3) is 3.30. The van der Waals surface area contributed by atoms with E-state index in [2.05, 4.69) is 26.8 Å². The van der Waals surface area contributed by atoms with Crippen LogP contribution in [0.5, 0.6) is 0 Å². The number of rotatable bonds is 6. The highest BCUT2D eigenvalue weighted by atomic mass is 16.5. The molecule has 2 aromatic rings. The summed E-state index contributed by atoms with van der Waals surface area (Å²) in [6, 6.07) is 10.3. The van der Waals surface area contributed by atoms with E-state index in [0.717, 1.165) is 19.3 Å². The summed E-state index contributed by atoms with van der Waals surface area (Å²) in [5.41, 5.74) is 7.00. The molecule has 1 heterocycles. The zero-order valence-corrected chi connectivity index (χ0v) is 10.1. The van der Waals surface area contributed by atoms with E-state index in [1.54, 1.807) is 0 Å². The van der Waals surface area contributed by atoms with Gasteiger partial charge in [-0.2, -0.15) is 0 Å². The highest BCUT2D eigenvalue weighted by Crippen LogP contribution is 2.17. The molecule has 5 heteroatoms. The van der Waals surface area contributed by atoms with Gasteiger partial charge >= 0.3 is 5.76 Å². The minimum absolute atomic E-state index is 0.0557. The van der Waals surface area contributed by atoms with Gasteiger partial charge in [0, 0.05) is 12.5 Å². The fourth-order valence-corrected chi connectivity index (χ4v) is 1.98. The van der Waals surface area contributed by atoms with Gasteiger partial charge in [0.2, 0.25) is 0 Å². The molecule has 0 amide bonds. The van der Waals surface area contributed by atoms with E-state index >= 15 is 0 Å². The maximum atomic E-state index is 10.9. The van der Waals surface area contributed by atoms with Gasteiger partial charge in [-0.1, -0.05) is 35.5 Å². The molecule has 1 aromatic heterocycles. The minimum Gasteiger partial charge on any atom is -0.330 e. The Bertz CT molecular complexity index is 518. The van der Waals surface area contributed by atoms with Crippen molar-refractivity contribution in [2.75, 3.05) is 6.54 Å². The van der Waals surface area contributed by atoms with Crippen LogP contribution < -0.4 is 11.5 Å². The van der Waals surface area contributed by atoms with Crippen molar-refractivity contribution in [3.63, 3.8) is 0 Å². The first-order valence-electron chi connectivity index (χ1n) is 6.09. The van der Waals surface area contributed by atoms with E-state index in [4.69, 9.17) is 5.73 Å². The molecule has 0 bridgehead atoms. The number of nitrogens with two attached hydrogens (primary N) is 1. The van der Waals surface area contributed by atoms with E-state index in [1.165, 1.54) is 5.56 Å². The van der Waals surface area contributed by atoms with Gasteiger partial charge in [-0.15, -0.1) is 0 Å². The normalized spacial score (nSPS) is 12.5. The Morgan fingerprint density at radius 2 is 2.11 bits per heavy atom. The molecule has 0 fully saturated rings. The average Bonchev–Trinajstić information content (AvgIpc) is 2.82. The monoisotopic (exact) mass is 247 g/mol. The topological polar surface area (TPSA) is 84.9 Å². The number of hydrogen-bond donors (Lipinski definition) is 2. The van der Waals surface area contributed by atoms with Gasteiger partial charge in [0.05, 0.1) is 0 Å². The summed E-state index contributed by atoms with van der Waals surface area (Å²) in [5, 5.41) is 3.69. The van der Waals surface area contributed by atoms with Crippen molar-refractivity contribution >= 4 is 0 Å². The summed E-state index contributed by atoms with van der Waals surface area (Å²) in [7, 11) is 0. The summed E-state index contributed by atoms with van der Waals surface area (Å²) < 4.78 is 4.50. The number of nitrogens with zero attached hydrogens (tertiary/aromatic N) is 1. The van der Waals surface area contributed by atoms with E-state index in [-0.39, 0.29) is 5.92 Å². The predicted molar refractivity (Wildman–Crippen MR) is 68.3 cm³/mol. The fourth-order valence-electron chi connectivity index (χ4n) is 1.98. The molecule has 1 aromatic carbocycles. The lowest BCUT2D eigenvalue weighted by Crippen LogP contribution is -2.15. The van der Waals surface area contributed by atoms with Crippen LogP contribution in [0.25, 0.3) is 0 Å². The van der Waals surface area contributed by atoms with Crippen molar-refractivity contribution in [1.82, 2.24) is 10.1 Å². The third-order valence-electron chi connectivity index (χ3n) is 2.99. The molecule has 5 nitrogen and oxygen atoms in total. The van der Waals surface area contributed by atoms with E-state index in [9.17, 15) is 4.79 Å². The largest absolute Gasteiger partial charge is 0.438 e. The van der Waals surface area contributed by atoms with Crippen molar-refractivity contribution in [3.8, 4) is 0 Å². The lowest BCUT2D eigenvalue weighted by Gasteiger charge is -2.10. The fraction of sp³-hybridized carbons (Fsp3) is 0.385. The van der Waals surface area contributed by atoms with Crippen LogP contribution in [0.3, 0.4) is 0 Å². The molecule has 0 saturated heterocycles. The van der Waals surface area contributed by atoms with E-state index < -0.39 is 5.76 Å². The summed E-state index contributed by atoms with van der Waals surface area (Å²) in [6.07, 6.45) is 2.88. The van der Waals surface area contributed by atoms with Crippen LogP contribution in [0.1, 0.15) is 30.1 Å². The van der Waals surface area contributed by atoms with E-state index in [0.29, 0.717) is 12.4 Å². The zero-order valence-electron chi connectivity index (χ0n) is 10.1. The molecule has 0 saturated carbocycles. The number of H-pyrrole nitrogens is 1. The van der Waals surface area contributed by atoms with E-state index in [1.807, 2.05) is 18.2 Å². The first-order chi connectivity index (χ1) is 8.79. The van der Waals surface area contributed by atoms with Gasteiger partial charge in [0.15, 0.2) is 5.82 Å². The van der Waals surface area contributed by atoms with Crippen LogP contribution >= 0.6 is 0 Å². The Morgan fingerprint density at radius 3 is 2.72 bits per heavy atom. The second-order valence-corrected chi connectivity index (χ2v) is 4.29. The first kappa shape index (κ1) is 12.6. The second kappa shape index (κ2) is 6.16. The summed E-state index contributed by atoms with van der Waals surface area (Å²) >= 11 is 0. The number of aryl methyl sites for hydroxylation is 1. The quantitative estimate of drug-likeness (QED) is 0.808. The molecule has 18 heavy (non-hydrogen) atoms. The SMILES string of the molecule is NCC(CCCc1ccccc1)c1noc(=O)[nH]1. The van der Waals surface area contributed by atoms with Gasteiger partial charge in [0.1, 0.15) is 0 Å². The molecule has 0 aliphatic carbocycles. The van der Waals surface area contributed by atoms with Gasteiger partial charge in [0.25, 0.3) is 0 Å². The standard InChI is InChI=1S/C13H17N3O2/c14-9-11(12-15-13(17)18-16-12)8-4-7-10-5-2-1-3-6-10/h1-3,5-6,11H,4,7-9,14H2,(H,15,16,17). The molecule has 0 radical (unpaired) electrons. The molecule has 0 spiro atoms. The molecule has 96 valence electrons. The lowest BCUT2D eigenvalue weighted by atomic mass is 9.99. The van der Waals surface area contributed by atoms with Crippen LogP contribution in [-0.2, 0) is 6.42 Å². The molecule has 0 aliphatic rings. The number of aromatic nitrogens is 2. The Balaban J connectivity index is 1.86. The Hall–Kier alpha value is -1.88. The molecule has 1 atom stereocenters. The van der Waals surface area contributed by atoms with Gasteiger partial charge in [-0.3, -0.25) is 9.51 Å². The average molecular weight is 247 g/mol. The highest BCUT2D eigenvalue weighted by Gasteiger charge is 2.14. The van der Waals surface area contributed by atoms with Crippen molar-refractivity contribution in [1.29, 1.82) is 0 Å². The molecule has 2 rings (SSSR count). The van der Waals surface area contributed by atoms with Gasteiger partial charge < -0.3 is 5.73 Å². The van der Waals surface area contributed by atoms with Crippen LogP contribution in [-0.4, -0.2) is 16.7 Å². The van der Waals surface area contributed by atoms with Crippen LogP contribution in [0.4, 0.5) is 0 Å². The van der Waals surface area contributed by atoms with Gasteiger partial charge in [-0.25, -0.2) is 4.79 Å². The number of aromatic amines is 1. The van der Waals surface area contributed by atoms with Crippen molar-refractivity contribution in [3.05, 3.63) is 52.3 Å². The smallest absolute Gasteiger partial charge is 0.330 e.